The number of likely N-dealkylation sites (N-methyl/N-ethyl adjacent to an activating group) is 1. The molecule has 4 atom stereocenters. The van der Waals surface area contributed by atoms with Gasteiger partial charge in [-0.2, -0.15) is 0 Å². The Kier molecular flexibility index (Phi) is 3.30. The van der Waals surface area contributed by atoms with Crippen molar-refractivity contribution in [1.82, 2.24) is 9.80 Å². The van der Waals surface area contributed by atoms with Gasteiger partial charge in [-0.3, -0.25) is 9.69 Å². The van der Waals surface area contributed by atoms with Crippen molar-refractivity contribution in [2.45, 2.75) is 31.6 Å². The van der Waals surface area contributed by atoms with Crippen molar-refractivity contribution in [2.75, 3.05) is 39.9 Å². The van der Waals surface area contributed by atoms with E-state index >= 15 is 0 Å². The number of rotatable bonds is 1. The average molecular weight is 254 g/mol. The predicted octanol–water partition coefficient (Wildman–Crippen LogP) is -0.0472. The topological polar surface area (TPSA) is 42.0 Å². The largest absolute Gasteiger partial charge is 0.378 e. The lowest BCUT2D eigenvalue weighted by Crippen LogP contribution is -2.48. The predicted molar refractivity (Wildman–Crippen MR) is 66.3 cm³/mol. The third-order valence-corrected chi connectivity index (χ3v) is 4.58. The highest BCUT2D eigenvalue weighted by Gasteiger charge is 2.43. The van der Waals surface area contributed by atoms with Crippen LogP contribution in [0.5, 0.6) is 0 Å². The summed E-state index contributed by atoms with van der Waals surface area (Å²) in [5, 5.41) is 0. The van der Waals surface area contributed by atoms with Crippen molar-refractivity contribution in [3.05, 3.63) is 0 Å². The molecule has 1 amide bonds. The maximum absolute atomic E-state index is 12.5. The fourth-order valence-electron chi connectivity index (χ4n) is 3.33. The van der Waals surface area contributed by atoms with Crippen LogP contribution < -0.4 is 0 Å². The number of ether oxygens (including phenoxy) is 2. The minimum absolute atomic E-state index is 0.0514. The van der Waals surface area contributed by atoms with Gasteiger partial charge in [-0.15, -0.1) is 0 Å². The molecule has 0 aromatic heterocycles. The highest BCUT2D eigenvalue weighted by molar-refractivity contribution is 5.80. The van der Waals surface area contributed by atoms with Gasteiger partial charge >= 0.3 is 0 Å². The number of nitrogens with zero attached hydrogens (tertiary/aromatic N) is 2. The van der Waals surface area contributed by atoms with E-state index in [-0.39, 0.29) is 24.0 Å². The Morgan fingerprint density at radius 3 is 2.72 bits per heavy atom. The molecule has 18 heavy (non-hydrogen) atoms. The summed E-state index contributed by atoms with van der Waals surface area (Å²) in [4.78, 5) is 16.8. The van der Waals surface area contributed by atoms with Crippen molar-refractivity contribution in [2.24, 2.45) is 5.92 Å². The molecule has 3 aliphatic heterocycles. The first-order valence-electron chi connectivity index (χ1n) is 6.89. The lowest BCUT2D eigenvalue weighted by molar-refractivity contribution is -0.136. The summed E-state index contributed by atoms with van der Waals surface area (Å²) in [6.07, 6.45) is 1.13. The molecule has 0 aromatic carbocycles. The normalized spacial score (nSPS) is 41.1. The second kappa shape index (κ2) is 4.79. The monoisotopic (exact) mass is 254 g/mol. The van der Waals surface area contributed by atoms with Gasteiger partial charge in [0.2, 0.25) is 5.91 Å². The average Bonchev–Trinajstić information content (AvgIpc) is 2.95. The molecule has 0 saturated carbocycles. The first-order valence-corrected chi connectivity index (χ1v) is 6.89. The van der Waals surface area contributed by atoms with E-state index in [9.17, 15) is 4.79 Å². The molecule has 5 nitrogen and oxygen atoms in total. The molecule has 0 N–H and O–H groups in total. The fraction of sp³-hybridized carbons (Fsp3) is 0.923. The van der Waals surface area contributed by atoms with Crippen LogP contribution in [0.2, 0.25) is 0 Å². The minimum atomic E-state index is 0.0514. The molecule has 3 saturated heterocycles. The van der Waals surface area contributed by atoms with Crippen molar-refractivity contribution in [3.8, 4) is 0 Å². The number of morpholine rings is 1. The van der Waals surface area contributed by atoms with Crippen molar-refractivity contribution in [3.63, 3.8) is 0 Å². The van der Waals surface area contributed by atoms with Gasteiger partial charge in [-0.1, -0.05) is 0 Å². The van der Waals surface area contributed by atoms with E-state index < -0.39 is 0 Å². The molecule has 3 fully saturated rings. The van der Waals surface area contributed by atoms with Crippen LogP contribution in [0.3, 0.4) is 0 Å². The van der Waals surface area contributed by atoms with Crippen LogP contribution in [-0.2, 0) is 14.3 Å². The molecule has 5 heteroatoms. The first-order chi connectivity index (χ1) is 8.66. The van der Waals surface area contributed by atoms with E-state index in [0.717, 1.165) is 32.7 Å². The number of amides is 1. The maximum Gasteiger partial charge on any atom is 0.228 e. The number of hydrogen-bond donors (Lipinski definition) is 0. The summed E-state index contributed by atoms with van der Waals surface area (Å²) in [5.74, 6) is 0.307. The van der Waals surface area contributed by atoms with Gasteiger partial charge in [0.1, 0.15) is 0 Å². The molecule has 0 aromatic rings. The molecular formula is C13H22N2O3. The van der Waals surface area contributed by atoms with Crippen molar-refractivity contribution < 1.29 is 14.3 Å². The van der Waals surface area contributed by atoms with Crippen LogP contribution in [0.4, 0.5) is 0 Å². The van der Waals surface area contributed by atoms with Gasteiger partial charge in [0, 0.05) is 26.2 Å². The van der Waals surface area contributed by atoms with E-state index in [1.807, 2.05) is 11.8 Å². The molecule has 0 spiro atoms. The maximum atomic E-state index is 12.5. The van der Waals surface area contributed by atoms with E-state index in [4.69, 9.17) is 9.47 Å². The first kappa shape index (κ1) is 12.4. The third kappa shape index (κ3) is 2.04. The van der Waals surface area contributed by atoms with Gasteiger partial charge in [-0.05, 0) is 20.4 Å². The van der Waals surface area contributed by atoms with E-state index in [2.05, 4.69) is 11.9 Å². The van der Waals surface area contributed by atoms with Gasteiger partial charge in [0.05, 0.1) is 30.8 Å². The highest BCUT2D eigenvalue weighted by Crippen LogP contribution is 2.27. The van der Waals surface area contributed by atoms with E-state index in [0.29, 0.717) is 12.6 Å². The molecule has 0 bridgehead atoms. The molecule has 102 valence electrons. The zero-order valence-corrected chi connectivity index (χ0v) is 11.2. The SMILES string of the molecule is C[C@@H]1OCC[C@@H]1C(=O)N1C[C@H]2OCCN(C)[C@H]2C1. The van der Waals surface area contributed by atoms with E-state index in [1.165, 1.54) is 0 Å². The van der Waals surface area contributed by atoms with Crippen LogP contribution in [-0.4, -0.2) is 73.9 Å². The summed E-state index contributed by atoms with van der Waals surface area (Å²) in [6.45, 7) is 6.02. The molecule has 0 radical (unpaired) electrons. The number of hydrogen-bond acceptors (Lipinski definition) is 4. The Morgan fingerprint density at radius 1 is 1.22 bits per heavy atom. The Labute approximate surface area is 108 Å². The molecule has 3 rings (SSSR count). The summed E-state index contributed by atoms with van der Waals surface area (Å²) in [6, 6.07) is 0.375. The smallest absolute Gasteiger partial charge is 0.228 e. The summed E-state index contributed by atoms with van der Waals surface area (Å²) < 4.78 is 11.3. The quantitative estimate of drug-likeness (QED) is 0.658. The van der Waals surface area contributed by atoms with Crippen molar-refractivity contribution >= 4 is 5.91 Å². The highest BCUT2D eigenvalue weighted by atomic mass is 16.5. The van der Waals surface area contributed by atoms with Crippen molar-refractivity contribution in [1.29, 1.82) is 0 Å². The zero-order valence-electron chi connectivity index (χ0n) is 11.2. The van der Waals surface area contributed by atoms with Gasteiger partial charge in [0.15, 0.2) is 0 Å². The lowest BCUT2D eigenvalue weighted by atomic mass is 10.0. The van der Waals surface area contributed by atoms with Crippen LogP contribution in [0.15, 0.2) is 0 Å². The summed E-state index contributed by atoms with van der Waals surface area (Å²) in [5.41, 5.74) is 0. The summed E-state index contributed by atoms with van der Waals surface area (Å²) >= 11 is 0. The van der Waals surface area contributed by atoms with E-state index in [1.54, 1.807) is 0 Å². The lowest BCUT2D eigenvalue weighted by Gasteiger charge is -2.33. The van der Waals surface area contributed by atoms with Crippen LogP contribution >= 0.6 is 0 Å². The zero-order chi connectivity index (χ0) is 12.7. The molecular weight excluding hydrogens is 232 g/mol. The van der Waals surface area contributed by atoms with Gasteiger partial charge in [-0.25, -0.2) is 0 Å². The number of carbonyl (C=O) groups excluding carboxylic acids is 1. The van der Waals surface area contributed by atoms with Gasteiger partial charge < -0.3 is 14.4 Å². The molecule has 3 aliphatic rings. The Bertz CT molecular complexity index is 336. The number of carbonyl (C=O) groups is 1. The minimum Gasteiger partial charge on any atom is -0.378 e. The Hall–Kier alpha value is -0.650. The van der Waals surface area contributed by atoms with Crippen LogP contribution in [0.25, 0.3) is 0 Å². The standard InChI is InChI=1S/C13H22N2O3/c1-9-10(3-5-17-9)13(16)15-7-11-12(8-15)18-6-4-14(11)2/h9-12H,3-8H2,1-2H3/t9-,10-,11-,12+/m0/s1. The molecule has 3 heterocycles. The summed E-state index contributed by atoms with van der Waals surface area (Å²) in [7, 11) is 2.12. The number of likely N-dealkylation sites (tertiary alicyclic amines) is 1. The Morgan fingerprint density at radius 2 is 2.06 bits per heavy atom. The molecule has 0 aliphatic carbocycles. The van der Waals surface area contributed by atoms with Gasteiger partial charge in [0.25, 0.3) is 0 Å². The fourth-order valence-corrected chi connectivity index (χ4v) is 3.33. The number of fused-ring (bicyclic) bond motifs is 1. The second-order valence-electron chi connectivity index (χ2n) is 5.67. The third-order valence-electron chi connectivity index (χ3n) is 4.58. The van der Waals surface area contributed by atoms with Crippen LogP contribution in [0.1, 0.15) is 13.3 Å². The van der Waals surface area contributed by atoms with Crippen LogP contribution in [0, 0.1) is 5.92 Å². The molecule has 0 unspecified atom stereocenters. The Balaban J connectivity index is 1.66. The second-order valence-corrected chi connectivity index (χ2v) is 5.67.